The molecule has 0 aliphatic carbocycles. The molecule has 2 N–H and O–H groups in total. The van der Waals surface area contributed by atoms with Gasteiger partial charge in [-0.2, -0.15) is 0 Å². The lowest BCUT2D eigenvalue weighted by atomic mass is 9.94. The van der Waals surface area contributed by atoms with Crippen LogP contribution in [0.1, 0.15) is 47.9 Å². The molecule has 2 aromatic carbocycles. The van der Waals surface area contributed by atoms with Crippen molar-refractivity contribution in [2.75, 3.05) is 7.11 Å². The summed E-state index contributed by atoms with van der Waals surface area (Å²) in [6.07, 6.45) is 2.29. The average molecular weight is 354 g/mol. The zero-order valence-corrected chi connectivity index (χ0v) is 15.1. The Morgan fingerprint density at radius 2 is 2.04 bits per heavy atom. The molecule has 3 rings (SSSR count). The van der Waals surface area contributed by atoms with Crippen molar-refractivity contribution in [1.82, 2.24) is 0 Å². The van der Waals surface area contributed by atoms with E-state index in [4.69, 9.17) is 9.47 Å². The number of methoxy groups -OCH3 is 1. The first kappa shape index (κ1) is 17.9. The SMILES string of the molecule is COc1c(O)cc([C@H]2CC(=O)c3ccc(O)cc3O2)cc1CC=C(C)C. The third-order valence-electron chi connectivity index (χ3n) is 4.38. The number of ether oxygens (including phenoxy) is 2. The molecule has 5 heteroatoms. The molecule has 0 spiro atoms. The molecule has 136 valence electrons. The first-order valence-corrected chi connectivity index (χ1v) is 8.45. The summed E-state index contributed by atoms with van der Waals surface area (Å²) in [5.41, 5.74) is 3.14. The summed E-state index contributed by atoms with van der Waals surface area (Å²) in [6.45, 7) is 4.00. The Hall–Kier alpha value is -2.95. The minimum absolute atomic E-state index is 0.0138. The summed E-state index contributed by atoms with van der Waals surface area (Å²) < 4.78 is 11.3. The van der Waals surface area contributed by atoms with Crippen molar-refractivity contribution < 1.29 is 24.5 Å². The summed E-state index contributed by atoms with van der Waals surface area (Å²) in [4.78, 5) is 12.4. The van der Waals surface area contributed by atoms with Crippen LogP contribution in [0.25, 0.3) is 0 Å². The molecule has 0 bridgehead atoms. The van der Waals surface area contributed by atoms with Crippen LogP contribution in [0, 0.1) is 0 Å². The van der Waals surface area contributed by atoms with Gasteiger partial charge in [0, 0.05) is 11.6 Å². The number of carbonyl (C=O) groups is 1. The van der Waals surface area contributed by atoms with Crippen LogP contribution in [0.5, 0.6) is 23.0 Å². The topological polar surface area (TPSA) is 76.0 Å². The quantitative estimate of drug-likeness (QED) is 0.800. The Labute approximate surface area is 152 Å². The number of ketones is 1. The minimum Gasteiger partial charge on any atom is -0.508 e. The third-order valence-corrected chi connectivity index (χ3v) is 4.38. The summed E-state index contributed by atoms with van der Waals surface area (Å²) in [5, 5.41) is 20.0. The molecule has 0 aromatic heterocycles. The first-order chi connectivity index (χ1) is 12.4. The van der Waals surface area contributed by atoms with Crippen molar-refractivity contribution in [3.8, 4) is 23.0 Å². The number of hydrogen-bond acceptors (Lipinski definition) is 5. The van der Waals surface area contributed by atoms with Crippen LogP contribution < -0.4 is 9.47 Å². The highest BCUT2D eigenvalue weighted by molar-refractivity contribution is 6.00. The van der Waals surface area contributed by atoms with Crippen LogP contribution in [0.4, 0.5) is 0 Å². The molecule has 0 fully saturated rings. The summed E-state index contributed by atoms with van der Waals surface area (Å²) in [5.74, 6) is 0.773. The molecule has 0 saturated carbocycles. The van der Waals surface area contributed by atoms with Crippen molar-refractivity contribution in [3.63, 3.8) is 0 Å². The number of phenolic OH excluding ortho intramolecular Hbond substituents is 2. The van der Waals surface area contributed by atoms with Gasteiger partial charge in [-0.25, -0.2) is 0 Å². The number of hydrogen-bond donors (Lipinski definition) is 2. The Bertz CT molecular complexity index is 878. The molecule has 0 unspecified atom stereocenters. The van der Waals surface area contributed by atoms with Gasteiger partial charge in [-0.3, -0.25) is 4.79 Å². The smallest absolute Gasteiger partial charge is 0.170 e. The van der Waals surface area contributed by atoms with E-state index in [0.29, 0.717) is 29.0 Å². The van der Waals surface area contributed by atoms with Gasteiger partial charge in [-0.15, -0.1) is 0 Å². The monoisotopic (exact) mass is 354 g/mol. The fraction of sp³-hybridized carbons (Fsp3) is 0.286. The number of carbonyl (C=O) groups excluding carboxylic acids is 1. The Morgan fingerprint density at radius 3 is 2.73 bits per heavy atom. The summed E-state index contributed by atoms with van der Waals surface area (Å²) >= 11 is 0. The minimum atomic E-state index is -0.529. The largest absolute Gasteiger partial charge is 0.508 e. The Balaban J connectivity index is 1.99. The van der Waals surface area contributed by atoms with Gasteiger partial charge in [0.05, 0.1) is 19.1 Å². The number of phenols is 2. The second kappa shape index (κ2) is 7.12. The normalized spacial score (nSPS) is 15.8. The van der Waals surface area contributed by atoms with E-state index in [1.807, 2.05) is 26.0 Å². The Kier molecular flexibility index (Phi) is 4.89. The molecule has 1 aliphatic heterocycles. The van der Waals surface area contributed by atoms with E-state index < -0.39 is 6.10 Å². The van der Waals surface area contributed by atoms with E-state index in [1.165, 1.54) is 19.2 Å². The van der Waals surface area contributed by atoms with Crippen LogP contribution in [0.3, 0.4) is 0 Å². The van der Waals surface area contributed by atoms with Crippen LogP contribution in [-0.4, -0.2) is 23.1 Å². The molecule has 26 heavy (non-hydrogen) atoms. The molecule has 5 nitrogen and oxygen atoms in total. The summed E-state index contributed by atoms with van der Waals surface area (Å²) in [6, 6.07) is 7.93. The van der Waals surface area contributed by atoms with Crippen molar-refractivity contribution >= 4 is 5.78 Å². The lowest BCUT2D eigenvalue weighted by molar-refractivity contribution is 0.0849. The number of Topliss-reactive ketones (excluding diaryl/α,β-unsaturated/α-hetero) is 1. The van der Waals surface area contributed by atoms with Gasteiger partial charge in [0.15, 0.2) is 17.3 Å². The van der Waals surface area contributed by atoms with Crippen molar-refractivity contribution in [2.24, 2.45) is 0 Å². The average Bonchev–Trinajstić information content (AvgIpc) is 2.58. The van der Waals surface area contributed by atoms with E-state index >= 15 is 0 Å². The van der Waals surface area contributed by atoms with E-state index in [-0.39, 0.29) is 23.7 Å². The maximum atomic E-state index is 12.4. The van der Waals surface area contributed by atoms with Crippen molar-refractivity contribution in [3.05, 3.63) is 58.7 Å². The van der Waals surface area contributed by atoms with Gasteiger partial charge in [0.1, 0.15) is 17.6 Å². The first-order valence-electron chi connectivity index (χ1n) is 8.45. The van der Waals surface area contributed by atoms with E-state index in [1.54, 1.807) is 12.1 Å². The number of allylic oxidation sites excluding steroid dienone is 2. The van der Waals surface area contributed by atoms with E-state index in [0.717, 1.165) is 11.1 Å². The van der Waals surface area contributed by atoms with Crippen LogP contribution >= 0.6 is 0 Å². The van der Waals surface area contributed by atoms with Crippen molar-refractivity contribution in [1.29, 1.82) is 0 Å². The Morgan fingerprint density at radius 1 is 1.27 bits per heavy atom. The molecule has 1 atom stereocenters. The van der Waals surface area contributed by atoms with Gasteiger partial charge in [0.2, 0.25) is 0 Å². The zero-order valence-electron chi connectivity index (χ0n) is 15.1. The number of fused-ring (bicyclic) bond motifs is 1. The molecule has 0 saturated heterocycles. The maximum Gasteiger partial charge on any atom is 0.170 e. The highest BCUT2D eigenvalue weighted by Gasteiger charge is 2.29. The van der Waals surface area contributed by atoms with Gasteiger partial charge in [-0.1, -0.05) is 11.6 Å². The predicted octanol–water partition coefficient (Wildman–Crippen LogP) is 4.32. The zero-order chi connectivity index (χ0) is 18.8. The van der Waals surface area contributed by atoms with Gasteiger partial charge >= 0.3 is 0 Å². The highest BCUT2D eigenvalue weighted by Crippen LogP contribution is 2.40. The lowest BCUT2D eigenvalue weighted by Gasteiger charge is -2.26. The van der Waals surface area contributed by atoms with Crippen molar-refractivity contribution in [2.45, 2.75) is 32.8 Å². The molecular formula is C21H22O5. The number of aromatic hydroxyl groups is 2. The number of rotatable bonds is 4. The second-order valence-electron chi connectivity index (χ2n) is 6.63. The molecule has 1 heterocycles. The van der Waals surface area contributed by atoms with Gasteiger partial charge in [0.25, 0.3) is 0 Å². The predicted molar refractivity (Wildman–Crippen MR) is 98.2 cm³/mol. The fourth-order valence-corrected chi connectivity index (χ4v) is 3.08. The van der Waals surface area contributed by atoms with Gasteiger partial charge < -0.3 is 19.7 Å². The fourth-order valence-electron chi connectivity index (χ4n) is 3.08. The second-order valence-corrected chi connectivity index (χ2v) is 6.63. The van der Waals surface area contributed by atoms with Crippen LogP contribution in [0.15, 0.2) is 42.0 Å². The summed E-state index contributed by atoms with van der Waals surface area (Å²) in [7, 11) is 1.51. The lowest BCUT2D eigenvalue weighted by Crippen LogP contribution is -2.20. The van der Waals surface area contributed by atoms with Crippen LogP contribution in [0.2, 0.25) is 0 Å². The molecule has 1 aliphatic rings. The van der Waals surface area contributed by atoms with Crippen LogP contribution in [-0.2, 0) is 6.42 Å². The third kappa shape index (κ3) is 3.52. The van der Waals surface area contributed by atoms with E-state index in [2.05, 4.69) is 0 Å². The molecule has 0 amide bonds. The molecular weight excluding hydrogens is 332 g/mol. The molecule has 0 radical (unpaired) electrons. The number of benzene rings is 2. The maximum absolute atomic E-state index is 12.4. The standard InChI is InChI=1S/C21H22O5/c1-12(2)4-5-13-8-14(9-18(24)21(13)25-3)19-11-17(23)16-7-6-15(22)10-20(16)26-19/h4,6-10,19,22,24H,5,11H2,1-3H3/t19-/m1/s1. The highest BCUT2D eigenvalue weighted by atomic mass is 16.5. The van der Waals surface area contributed by atoms with Gasteiger partial charge in [-0.05, 0) is 50.1 Å². The van der Waals surface area contributed by atoms with E-state index in [9.17, 15) is 15.0 Å². The molecule has 2 aromatic rings.